The van der Waals surface area contributed by atoms with Crippen molar-refractivity contribution in [3.63, 3.8) is 0 Å². The van der Waals surface area contributed by atoms with Gasteiger partial charge in [-0.2, -0.15) is 0 Å². The lowest BCUT2D eigenvalue weighted by Crippen LogP contribution is -2.42. The van der Waals surface area contributed by atoms with Crippen molar-refractivity contribution >= 4 is 5.91 Å². The zero-order chi connectivity index (χ0) is 12.1. The van der Waals surface area contributed by atoms with Gasteiger partial charge in [0, 0.05) is 11.6 Å². The molecule has 0 bridgehead atoms. The van der Waals surface area contributed by atoms with Crippen LogP contribution in [0.2, 0.25) is 0 Å². The molecule has 1 aliphatic rings. The van der Waals surface area contributed by atoms with Gasteiger partial charge in [-0.25, -0.2) is 0 Å². The summed E-state index contributed by atoms with van der Waals surface area (Å²) < 4.78 is 0. The molecule has 1 aromatic carbocycles. The van der Waals surface area contributed by atoms with Gasteiger partial charge in [0.25, 0.3) is 5.91 Å². The van der Waals surface area contributed by atoms with E-state index in [0.717, 1.165) is 37.9 Å². The van der Waals surface area contributed by atoms with Crippen molar-refractivity contribution in [3.05, 3.63) is 35.4 Å². The molecule has 1 amide bonds. The average molecular weight is 232 g/mol. The highest BCUT2D eigenvalue weighted by molar-refractivity contribution is 5.94. The lowest BCUT2D eigenvalue weighted by Gasteiger charge is -2.23. The van der Waals surface area contributed by atoms with Crippen molar-refractivity contribution in [2.45, 2.75) is 32.2 Å². The fourth-order valence-electron chi connectivity index (χ4n) is 2.17. The summed E-state index contributed by atoms with van der Waals surface area (Å²) >= 11 is 0. The molecule has 0 unspecified atom stereocenters. The summed E-state index contributed by atoms with van der Waals surface area (Å²) in [7, 11) is 0. The molecule has 0 atom stereocenters. The summed E-state index contributed by atoms with van der Waals surface area (Å²) in [4.78, 5) is 12.0. The number of hydrogen-bond donors (Lipinski definition) is 2. The lowest BCUT2D eigenvalue weighted by molar-refractivity contribution is 0.0929. The molecule has 0 saturated carbocycles. The first-order valence-corrected chi connectivity index (χ1v) is 6.40. The van der Waals surface area contributed by atoms with Gasteiger partial charge < -0.3 is 10.6 Å². The van der Waals surface area contributed by atoms with Gasteiger partial charge in [0.05, 0.1) is 0 Å². The molecule has 3 nitrogen and oxygen atoms in total. The predicted octanol–water partition coefficient (Wildman–Crippen LogP) is 1.73. The Morgan fingerprint density at radius 3 is 2.88 bits per heavy atom. The van der Waals surface area contributed by atoms with Gasteiger partial charge in [0.1, 0.15) is 0 Å². The molecule has 0 radical (unpaired) electrons. The van der Waals surface area contributed by atoms with E-state index in [-0.39, 0.29) is 5.91 Å². The zero-order valence-corrected chi connectivity index (χ0v) is 10.3. The predicted molar refractivity (Wildman–Crippen MR) is 69.2 cm³/mol. The van der Waals surface area contributed by atoms with E-state index in [1.165, 1.54) is 5.56 Å². The van der Waals surface area contributed by atoms with Gasteiger partial charge in [-0.05, 0) is 50.0 Å². The summed E-state index contributed by atoms with van der Waals surface area (Å²) in [5, 5.41) is 6.40. The maximum absolute atomic E-state index is 12.0. The molecule has 0 aromatic heterocycles. The fourth-order valence-corrected chi connectivity index (χ4v) is 2.17. The largest absolute Gasteiger partial charge is 0.349 e. The van der Waals surface area contributed by atoms with E-state index < -0.39 is 0 Å². The Bertz CT molecular complexity index is 384. The Morgan fingerprint density at radius 2 is 2.18 bits per heavy atom. The molecule has 1 aromatic rings. The van der Waals surface area contributed by atoms with Gasteiger partial charge >= 0.3 is 0 Å². The van der Waals surface area contributed by atoms with Gasteiger partial charge in [-0.1, -0.05) is 19.1 Å². The quantitative estimate of drug-likeness (QED) is 0.833. The minimum absolute atomic E-state index is 0.0622. The molecular weight excluding hydrogens is 212 g/mol. The second-order valence-corrected chi connectivity index (χ2v) is 4.55. The van der Waals surface area contributed by atoms with Gasteiger partial charge in [0.15, 0.2) is 0 Å². The van der Waals surface area contributed by atoms with E-state index in [9.17, 15) is 4.79 Å². The van der Waals surface area contributed by atoms with E-state index in [4.69, 9.17) is 0 Å². The Morgan fingerprint density at radius 1 is 1.41 bits per heavy atom. The molecule has 92 valence electrons. The van der Waals surface area contributed by atoms with E-state index in [1.807, 2.05) is 18.2 Å². The van der Waals surface area contributed by atoms with Crippen LogP contribution in [0.25, 0.3) is 0 Å². The molecule has 3 heteroatoms. The molecule has 0 aliphatic carbocycles. The van der Waals surface area contributed by atoms with Crippen molar-refractivity contribution < 1.29 is 4.79 Å². The highest BCUT2D eigenvalue weighted by Crippen LogP contribution is 2.08. The number of carbonyl (C=O) groups excluding carboxylic acids is 1. The van der Waals surface area contributed by atoms with E-state index in [1.54, 1.807) is 0 Å². The van der Waals surface area contributed by atoms with Crippen LogP contribution in [0.15, 0.2) is 24.3 Å². The van der Waals surface area contributed by atoms with Crippen LogP contribution in [0.4, 0.5) is 0 Å². The van der Waals surface area contributed by atoms with Crippen molar-refractivity contribution in [2.24, 2.45) is 0 Å². The van der Waals surface area contributed by atoms with Crippen LogP contribution in [0.1, 0.15) is 35.7 Å². The molecule has 2 N–H and O–H groups in total. The zero-order valence-electron chi connectivity index (χ0n) is 10.3. The lowest BCUT2D eigenvalue weighted by atomic mass is 10.0. The minimum atomic E-state index is 0.0622. The van der Waals surface area contributed by atoms with Gasteiger partial charge in [0.2, 0.25) is 0 Å². The molecule has 1 heterocycles. The maximum Gasteiger partial charge on any atom is 0.251 e. The van der Waals surface area contributed by atoms with E-state index in [0.29, 0.717) is 6.04 Å². The number of aryl methyl sites for hydroxylation is 1. The van der Waals surface area contributed by atoms with Crippen molar-refractivity contribution in [1.29, 1.82) is 0 Å². The molecule has 17 heavy (non-hydrogen) atoms. The first kappa shape index (κ1) is 12.1. The fraction of sp³-hybridized carbons (Fsp3) is 0.500. The Balaban J connectivity index is 1.98. The monoisotopic (exact) mass is 232 g/mol. The first-order valence-electron chi connectivity index (χ1n) is 6.40. The van der Waals surface area contributed by atoms with Crippen molar-refractivity contribution in [2.75, 3.05) is 13.1 Å². The third kappa shape index (κ3) is 3.30. The Labute approximate surface area is 103 Å². The number of hydrogen-bond acceptors (Lipinski definition) is 2. The standard InChI is InChI=1S/C14H20N2O/c1-2-11-4-3-5-12(10-11)14(17)16-13-6-8-15-9-7-13/h3-5,10,13,15H,2,6-9H2,1H3,(H,16,17). The first-order chi connectivity index (χ1) is 8.29. The van der Waals surface area contributed by atoms with E-state index in [2.05, 4.69) is 23.6 Å². The molecule has 1 saturated heterocycles. The van der Waals surface area contributed by atoms with Crippen LogP contribution >= 0.6 is 0 Å². The van der Waals surface area contributed by atoms with Crippen molar-refractivity contribution in [1.82, 2.24) is 10.6 Å². The van der Waals surface area contributed by atoms with Crippen LogP contribution in [0.5, 0.6) is 0 Å². The molecule has 1 aliphatic heterocycles. The number of piperidine rings is 1. The number of benzene rings is 1. The van der Waals surface area contributed by atoms with Crippen LogP contribution in [-0.2, 0) is 6.42 Å². The molecule has 1 fully saturated rings. The maximum atomic E-state index is 12.0. The molecule has 2 rings (SSSR count). The average Bonchev–Trinajstić information content (AvgIpc) is 2.40. The summed E-state index contributed by atoms with van der Waals surface area (Å²) in [6.45, 7) is 4.10. The second kappa shape index (κ2) is 5.82. The third-order valence-corrected chi connectivity index (χ3v) is 3.27. The topological polar surface area (TPSA) is 41.1 Å². The summed E-state index contributed by atoms with van der Waals surface area (Å²) in [5.74, 6) is 0.0622. The Kier molecular flexibility index (Phi) is 4.15. The second-order valence-electron chi connectivity index (χ2n) is 4.55. The number of amides is 1. The molecule has 0 spiro atoms. The number of nitrogens with one attached hydrogen (secondary N) is 2. The Hall–Kier alpha value is -1.35. The normalized spacial score (nSPS) is 16.8. The van der Waals surface area contributed by atoms with Crippen LogP contribution in [0.3, 0.4) is 0 Å². The van der Waals surface area contributed by atoms with Crippen LogP contribution in [0, 0.1) is 0 Å². The minimum Gasteiger partial charge on any atom is -0.349 e. The summed E-state index contributed by atoms with van der Waals surface area (Å²) in [5.41, 5.74) is 1.99. The molecular formula is C14H20N2O. The van der Waals surface area contributed by atoms with Crippen LogP contribution < -0.4 is 10.6 Å². The summed E-state index contributed by atoms with van der Waals surface area (Å²) in [6.07, 6.45) is 3.02. The highest BCUT2D eigenvalue weighted by atomic mass is 16.1. The van der Waals surface area contributed by atoms with Crippen LogP contribution in [-0.4, -0.2) is 25.0 Å². The van der Waals surface area contributed by atoms with E-state index >= 15 is 0 Å². The summed E-state index contributed by atoms with van der Waals surface area (Å²) in [6, 6.07) is 8.21. The SMILES string of the molecule is CCc1cccc(C(=O)NC2CCNCC2)c1. The smallest absolute Gasteiger partial charge is 0.251 e. The number of carbonyl (C=O) groups is 1. The van der Waals surface area contributed by atoms with Gasteiger partial charge in [-0.3, -0.25) is 4.79 Å². The third-order valence-electron chi connectivity index (χ3n) is 3.27. The van der Waals surface area contributed by atoms with Gasteiger partial charge in [-0.15, -0.1) is 0 Å². The highest BCUT2D eigenvalue weighted by Gasteiger charge is 2.16. The van der Waals surface area contributed by atoms with Crippen molar-refractivity contribution in [3.8, 4) is 0 Å². The number of rotatable bonds is 3.